The van der Waals surface area contributed by atoms with E-state index in [2.05, 4.69) is 0 Å². The van der Waals surface area contributed by atoms with E-state index in [1.165, 1.54) is 40.6 Å². The smallest absolute Gasteiger partial charge is 0.339 e. The highest BCUT2D eigenvalue weighted by atomic mass is 16.5. The Kier molecular flexibility index (Phi) is 5.30. The van der Waals surface area contributed by atoms with Crippen LogP contribution in [0.5, 0.6) is 23.0 Å². The number of hydrogen-bond acceptors (Lipinski definition) is 8. The van der Waals surface area contributed by atoms with Gasteiger partial charge in [0, 0.05) is 23.3 Å². The number of methoxy groups -OCH3 is 4. The highest BCUT2D eigenvalue weighted by molar-refractivity contribution is 6.01. The van der Waals surface area contributed by atoms with Gasteiger partial charge in [0.05, 0.1) is 51.3 Å². The summed E-state index contributed by atoms with van der Waals surface area (Å²) in [5.74, 6) is 1.73. The molecule has 0 aliphatic carbocycles. The van der Waals surface area contributed by atoms with Crippen LogP contribution in [0.2, 0.25) is 0 Å². The second kappa shape index (κ2) is 7.96. The van der Waals surface area contributed by atoms with E-state index in [1.807, 2.05) is 13.8 Å². The second-order valence-corrected chi connectivity index (χ2v) is 7.17. The highest BCUT2D eigenvalue weighted by Crippen LogP contribution is 2.48. The van der Waals surface area contributed by atoms with Gasteiger partial charge in [0.15, 0.2) is 0 Å². The molecule has 0 radical (unpaired) electrons. The maximum absolute atomic E-state index is 12.0. The Morgan fingerprint density at radius 1 is 0.562 bits per heavy atom. The standard InChI is InChI=1S/C24H22O8/c1-11-21-15(29-5)9-19(25)31-17(21)7-13(27-3)23(11)24-12(2)22-16(30-6)10-20(26)32-18(22)8-14(24)28-4/h7-10H,1-6H3. The van der Waals surface area contributed by atoms with Gasteiger partial charge in [-0.25, -0.2) is 9.59 Å². The van der Waals surface area contributed by atoms with Crippen LogP contribution in [0.1, 0.15) is 11.1 Å². The molecule has 32 heavy (non-hydrogen) atoms. The minimum Gasteiger partial charge on any atom is -0.496 e. The molecule has 166 valence electrons. The predicted octanol–water partition coefficient (Wildman–Crippen LogP) is 4.22. The van der Waals surface area contributed by atoms with E-state index < -0.39 is 11.3 Å². The van der Waals surface area contributed by atoms with Gasteiger partial charge in [-0.2, -0.15) is 0 Å². The summed E-state index contributed by atoms with van der Waals surface area (Å²) in [6, 6.07) is 5.89. The number of fused-ring (bicyclic) bond motifs is 2. The van der Waals surface area contributed by atoms with E-state index in [-0.39, 0.29) is 0 Å². The number of hydrogen-bond donors (Lipinski definition) is 0. The van der Waals surface area contributed by atoms with Crippen LogP contribution in [0.3, 0.4) is 0 Å². The van der Waals surface area contributed by atoms with E-state index >= 15 is 0 Å². The van der Waals surface area contributed by atoms with Crippen molar-refractivity contribution in [3.05, 3.63) is 56.2 Å². The van der Waals surface area contributed by atoms with Crippen LogP contribution in [-0.2, 0) is 0 Å². The molecule has 0 amide bonds. The zero-order chi connectivity index (χ0) is 23.2. The van der Waals surface area contributed by atoms with Crippen molar-refractivity contribution in [2.45, 2.75) is 13.8 Å². The molecule has 0 bridgehead atoms. The van der Waals surface area contributed by atoms with Crippen LogP contribution in [0.15, 0.2) is 42.7 Å². The van der Waals surface area contributed by atoms with Crippen molar-refractivity contribution in [2.75, 3.05) is 28.4 Å². The lowest BCUT2D eigenvalue weighted by atomic mass is 9.90. The van der Waals surface area contributed by atoms with Crippen LogP contribution in [-0.4, -0.2) is 28.4 Å². The molecule has 0 N–H and O–H groups in total. The molecule has 8 nitrogen and oxygen atoms in total. The average molecular weight is 438 g/mol. The summed E-state index contributed by atoms with van der Waals surface area (Å²) in [4.78, 5) is 23.9. The fourth-order valence-corrected chi connectivity index (χ4v) is 4.19. The van der Waals surface area contributed by atoms with E-state index in [0.29, 0.717) is 44.9 Å². The minimum atomic E-state index is -0.525. The first kappa shape index (κ1) is 21.3. The summed E-state index contributed by atoms with van der Waals surface area (Å²) in [5, 5.41) is 1.27. The molecule has 0 aliphatic heterocycles. The maximum Gasteiger partial charge on any atom is 0.339 e. The number of rotatable bonds is 5. The van der Waals surface area contributed by atoms with Crippen molar-refractivity contribution in [3.8, 4) is 34.1 Å². The normalized spacial score (nSPS) is 11.1. The highest BCUT2D eigenvalue weighted by Gasteiger charge is 2.25. The summed E-state index contributed by atoms with van der Waals surface area (Å²) < 4.78 is 33.1. The fraction of sp³-hybridized carbons (Fsp3) is 0.250. The molecule has 2 aromatic carbocycles. The average Bonchev–Trinajstić information content (AvgIpc) is 2.77. The molecule has 0 spiro atoms. The molecule has 2 heterocycles. The summed E-state index contributed by atoms with van der Waals surface area (Å²) >= 11 is 0. The number of ether oxygens (including phenoxy) is 4. The van der Waals surface area contributed by atoms with Crippen LogP contribution in [0.25, 0.3) is 33.1 Å². The molecule has 0 aliphatic rings. The van der Waals surface area contributed by atoms with Gasteiger partial charge in [0.2, 0.25) is 0 Å². The van der Waals surface area contributed by atoms with E-state index in [0.717, 1.165) is 22.3 Å². The van der Waals surface area contributed by atoms with Crippen molar-refractivity contribution >= 4 is 21.9 Å². The Morgan fingerprint density at radius 2 is 0.906 bits per heavy atom. The lowest BCUT2D eigenvalue weighted by molar-refractivity contribution is 0.405. The Morgan fingerprint density at radius 3 is 1.22 bits per heavy atom. The zero-order valence-electron chi connectivity index (χ0n) is 18.6. The molecule has 0 saturated heterocycles. The molecule has 0 unspecified atom stereocenters. The van der Waals surface area contributed by atoms with Crippen LogP contribution < -0.4 is 30.2 Å². The topological polar surface area (TPSA) is 97.3 Å². The summed E-state index contributed by atoms with van der Waals surface area (Å²) in [6.07, 6.45) is 0. The third-order valence-electron chi connectivity index (χ3n) is 5.55. The molecule has 0 atom stereocenters. The Balaban J connectivity index is 2.22. The lowest BCUT2D eigenvalue weighted by Crippen LogP contribution is -2.04. The van der Waals surface area contributed by atoms with Crippen LogP contribution >= 0.6 is 0 Å². The van der Waals surface area contributed by atoms with Crippen molar-refractivity contribution in [1.29, 1.82) is 0 Å². The molecule has 0 saturated carbocycles. The van der Waals surface area contributed by atoms with Gasteiger partial charge in [-0.05, 0) is 25.0 Å². The molecule has 2 aromatic heterocycles. The van der Waals surface area contributed by atoms with Gasteiger partial charge in [0.1, 0.15) is 34.2 Å². The first-order valence-electron chi connectivity index (χ1n) is 9.73. The van der Waals surface area contributed by atoms with Crippen molar-refractivity contribution < 1.29 is 27.8 Å². The monoisotopic (exact) mass is 438 g/mol. The van der Waals surface area contributed by atoms with Crippen LogP contribution in [0, 0.1) is 13.8 Å². The van der Waals surface area contributed by atoms with Crippen molar-refractivity contribution in [3.63, 3.8) is 0 Å². The summed E-state index contributed by atoms with van der Waals surface area (Å²) in [5.41, 5.74) is 2.59. The SMILES string of the molecule is COc1cc2oc(=O)cc(OC)c2c(C)c1-c1c(OC)cc2oc(=O)cc(OC)c2c1C. The first-order chi connectivity index (χ1) is 15.3. The van der Waals surface area contributed by atoms with E-state index in [4.69, 9.17) is 27.8 Å². The Labute approximate surface area is 182 Å². The maximum atomic E-state index is 12.0. The number of aryl methyl sites for hydroxylation is 2. The lowest BCUT2D eigenvalue weighted by Gasteiger charge is -2.21. The second-order valence-electron chi connectivity index (χ2n) is 7.17. The van der Waals surface area contributed by atoms with E-state index in [9.17, 15) is 9.59 Å². The molecular weight excluding hydrogens is 416 g/mol. The molecule has 4 aromatic rings. The third-order valence-corrected chi connectivity index (χ3v) is 5.55. The molecule has 4 rings (SSSR count). The van der Waals surface area contributed by atoms with Gasteiger partial charge in [-0.3, -0.25) is 0 Å². The van der Waals surface area contributed by atoms with Crippen molar-refractivity contribution in [1.82, 2.24) is 0 Å². The Bertz CT molecular complexity index is 1360. The molecule has 8 heteroatoms. The first-order valence-corrected chi connectivity index (χ1v) is 9.73. The van der Waals surface area contributed by atoms with Gasteiger partial charge >= 0.3 is 11.3 Å². The molecular formula is C24H22O8. The van der Waals surface area contributed by atoms with Crippen molar-refractivity contribution in [2.24, 2.45) is 0 Å². The zero-order valence-corrected chi connectivity index (χ0v) is 18.6. The number of benzene rings is 2. The molecule has 0 fully saturated rings. The van der Waals surface area contributed by atoms with Gasteiger partial charge < -0.3 is 27.8 Å². The van der Waals surface area contributed by atoms with E-state index in [1.54, 1.807) is 12.1 Å². The summed E-state index contributed by atoms with van der Waals surface area (Å²) in [7, 11) is 6.05. The minimum absolute atomic E-state index is 0.341. The largest absolute Gasteiger partial charge is 0.496 e. The van der Waals surface area contributed by atoms with Gasteiger partial charge in [-0.1, -0.05) is 0 Å². The van der Waals surface area contributed by atoms with Crippen LogP contribution in [0.4, 0.5) is 0 Å². The van der Waals surface area contributed by atoms with Gasteiger partial charge in [0.25, 0.3) is 0 Å². The quantitative estimate of drug-likeness (QED) is 0.427. The predicted molar refractivity (Wildman–Crippen MR) is 120 cm³/mol. The fourth-order valence-electron chi connectivity index (χ4n) is 4.19. The summed E-state index contributed by atoms with van der Waals surface area (Å²) in [6.45, 7) is 3.77. The van der Waals surface area contributed by atoms with Gasteiger partial charge in [-0.15, -0.1) is 0 Å². The third kappa shape index (κ3) is 3.15. The Hall–Kier alpha value is -3.94.